The Bertz CT molecular complexity index is 794. The summed E-state index contributed by atoms with van der Waals surface area (Å²) in [4.78, 5) is 19.2. The van der Waals surface area contributed by atoms with Gasteiger partial charge in [0.15, 0.2) is 11.5 Å². The Labute approximate surface area is 155 Å². The molecule has 3 rings (SSSR count). The van der Waals surface area contributed by atoms with Crippen molar-refractivity contribution in [3.8, 4) is 5.75 Å². The van der Waals surface area contributed by atoms with Gasteiger partial charge in [-0.1, -0.05) is 32.4 Å². The number of amides is 1. The van der Waals surface area contributed by atoms with Crippen molar-refractivity contribution in [2.24, 2.45) is 10.7 Å². The van der Waals surface area contributed by atoms with Gasteiger partial charge in [0.2, 0.25) is 0 Å². The van der Waals surface area contributed by atoms with Crippen molar-refractivity contribution in [3.63, 3.8) is 0 Å². The number of guanidine groups is 1. The molecule has 0 aromatic heterocycles. The maximum absolute atomic E-state index is 13.1. The van der Waals surface area contributed by atoms with Crippen LogP contribution in [0.25, 0.3) is 5.57 Å². The molecule has 2 aliphatic heterocycles. The lowest BCUT2D eigenvalue weighted by Crippen LogP contribution is -2.49. The lowest BCUT2D eigenvalue weighted by atomic mass is 9.76. The number of aliphatic imine (C=N–C) groups is 1. The van der Waals surface area contributed by atoms with Crippen LogP contribution in [0.15, 0.2) is 29.3 Å². The summed E-state index contributed by atoms with van der Waals surface area (Å²) < 4.78 is 6.18. The van der Waals surface area contributed by atoms with Gasteiger partial charge in [-0.3, -0.25) is 9.69 Å². The predicted octanol–water partition coefficient (Wildman–Crippen LogP) is 3.82. The van der Waals surface area contributed by atoms with E-state index in [0.717, 1.165) is 36.1 Å². The smallest absolute Gasteiger partial charge is 0.261 e. The highest BCUT2D eigenvalue weighted by Crippen LogP contribution is 2.49. The number of benzene rings is 1. The average molecular weight is 355 g/mol. The molecule has 2 aliphatic rings. The second-order valence-corrected chi connectivity index (χ2v) is 7.83. The molecule has 140 valence electrons. The zero-order valence-electron chi connectivity index (χ0n) is 16.4. The van der Waals surface area contributed by atoms with E-state index in [1.165, 1.54) is 10.5 Å². The molecule has 0 radical (unpaired) electrons. The number of allylic oxidation sites excluding steroid dienone is 2. The van der Waals surface area contributed by atoms with Gasteiger partial charge in [0.25, 0.3) is 5.91 Å². The first-order valence-corrected chi connectivity index (χ1v) is 9.40. The normalized spacial score (nSPS) is 24.5. The summed E-state index contributed by atoms with van der Waals surface area (Å²) >= 11 is 0. The number of rotatable bonds is 4. The molecule has 1 spiro atoms. The maximum atomic E-state index is 13.1. The number of ether oxygens (including phenoxy) is 1. The quantitative estimate of drug-likeness (QED) is 0.892. The molecule has 2 N–H and O–H groups in total. The molecule has 1 amide bonds. The highest BCUT2D eigenvalue weighted by atomic mass is 16.5. The zero-order chi connectivity index (χ0) is 19.1. The van der Waals surface area contributed by atoms with Gasteiger partial charge in [0, 0.05) is 19.0 Å². The third-order valence-corrected chi connectivity index (χ3v) is 5.14. The van der Waals surface area contributed by atoms with Crippen molar-refractivity contribution in [2.75, 3.05) is 7.05 Å². The summed E-state index contributed by atoms with van der Waals surface area (Å²) in [7, 11) is 1.68. The zero-order valence-corrected chi connectivity index (χ0v) is 16.4. The van der Waals surface area contributed by atoms with Gasteiger partial charge in [0.1, 0.15) is 11.4 Å². The molecule has 0 bridgehead atoms. The average Bonchev–Trinajstić information content (AvgIpc) is 2.78. The van der Waals surface area contributed by atoms with Crippen LogP contribution >= 0.6 is 0 Å². The monoisotopic (exact) mass is 355 g/mol. The summed E-state index contributed by atoms with van der Waals surface area (Å²) in [5.41, 5.74) is 7.78. The Morgan fingerprint density at radius 1 is 1.38 bits per heavy atom. The van der Waals surface area contributed by atoms with Gasteiger partial charge in [-0.2, -0.15) is 0 Å². The van der Waals surface area contributed by atoms with Gasteiger partial charge in [-0.15, -0.1) is 0 Å². The van der Waals surface area contributed by atoms with Crippen LogP contribution in [0, 0.1) is 0 Å². The van der Waals surface area contributed by atoms with Crippen molar-refractivity contribution in [3.05, 3.63) is 35.4 Å². The van der Waals surface area contributed by atoms with Crippen LogP contribution in [0.3, 0.4) is 0 Å². The molecule has 1 unspecified atom stereocenters. The number of carbonyl (C=O) groups is 1. The predicted molar refractivity (Wildman–Crippen MR) is 105 cm³/mol. The van der Waals surface area contributed by atoms with Gasteiger partial charge in [0.05, 0.1) is 0 Å². The molecule has 0 saturated carbocycles. The topological polar surface area (TPSA) is 67.9 Å². The van der Waals surface area contributed by atoms with Crippen molar-refractivity contribution >= 4 is 17.4 Å². The van der Waals surface area contributed by atoms with Crippen LogP contribution in [-0.4, -0.2) is 29.4 Å². The lowest BCUT2D eigenvalue weighted by molar-refractivity contribution is -0.133. The number of nitrogens with two attached hydrogens (primary N) is 1. The van der Waals surface area contributed by atoms with E-state index in [-0.39, 0.29) is 11.9 Å². The van der Waals surface area contributed by atoms with Crippen molar-refractivity contribution in [2.45, 2.75) is 64.5 Å². The fraction of sp³-hybridized carbons (Fsp3) is 0.524. The fourth-order valence-electron chi connectivity index (χ4n) is 4.06. The van der Waals surface area contributed by atoms with Gasteiger partial charge >= 0.3 is 0 Å². The summed E-state index contributed by atoms with van der Waals surface area (Å²) in [6.45, 7) is 8.29. The first-order valence-electron chi connectivity index (χ1n) is 9.40. The Hall–Kier alpha value is -2.30. The van der Waals surface area contributed by atoms with Crippen LogP contribution in [0.1, 0.15) is 64.5 Å². The van der Waals surface area contributed by atoms with Crippen LogP contribution in [0.2, 0.25) is 0 Å². The van der Waals surface area contributed by atoms with E-state index in [2.05, 4.69) is 37.0 Å². The van der Waals surface area contributed by atoms with E-state index in [9.17, 15) is 4.79 Å². The fourth-order valence-corrected chi connectivity index (χ4v) is 4.06. The van der Waals surface area contributed by atoms with Gasteiger partial charge < -0.3 is 10.5 Å². The SMILES string of the molecule is CC/C=C(\CCC)c1ccc2c(c1)C1(CC(C)(C)O2)N=C(N)N(C)C1=O. The summed E-state index contributed by atoms with van der Waals surface area (Å²) in [6, 6.07) is 6.14. The highest BCUT2D eigenvalue weighted by molar-refractivity contribution is 6.07. The Balaban J connectivity index is 2.19. The van der Waals surface area contributed by atoms with Gasteiger partial charge in [-0.25, -0.2) is 4.99 Å². The number of carbonyl (C=O) groups excluding carboxylic acids is 1. The van der Waals surface area contributed by atoms with E-state index < -0.39 is 11.1 Å². The summed E-state index contributed by atoms with van der Waals surface area (Å²) in [6.07, 6.45) is 5.79. The molecule has 0 fully saturated rings. The first kappa shape index (κ1) is 18.5. The van der Waals surface area contributed by atoms with Crippen molar-refractivity contribution in [1.29, 1.82) is 0 Å². The standard InChI is InChI=1S/C21H29N3O2/c1-6-8-14(9-7-2)15-10-11-17-16(12-15)21(13-20(3,4)26-17)18(25)24(5)19(22)23-21/h8,10-12H,6-7,9,13H2,1-5H3,(H2,22,23)/b14-8+. The molecule has 1 atom stereocenters. The molecule has 0 saturated heterocycles. The van der Waals surface area contributed by atoms with E-state index in [1.807, 2.05) is 19.9 Å². The maximum Gasteiger partial charge on any atom is 0.261 e. The Morgan fingerprint density at radius 3 is 2.69 bits per heavy atom. The largest absolute Gasteiger partial charge is 0.487 e. The van der Waals surface area contributed by atoms with Crippen molar-refractivity contribution in [1.82, 2.24) is 4.90 Å². The van der Waals surface area contributed by atoms with Crippen LogP contribution in [-0.2, 0) is 10.3 Å². The number of likely N-dealkylation sites (N-methyl/N-ethyl adjacent to an activating group) is 1. The molecule has 0 aliphatic carbocycles. The first-order chi connectivity index (χ1) is 12.2. The second kappa shape index (κ2) is 6.45. The third-order valence-electron chi connectivity index (χ3n) is 5.14. The van der Waals surface area contributed by atoms with E-state index in [0.29, 0.717) is 6.42 Å². The summed E-state index contributed by atoms with van der Waals surface area (Å²) in [5.74, 6) is 0.903. The molecule has 5 nitrogen and oxygen atoms in total. The van der Waals surface area contributed by atoms with Crippen LogP contribution in [0.5, 0.6) is 5.75 Å². The number of nitrogens with zero attached hydrogens (tertiary/aromatic N) is 2. The minimum absolute atomic E-state index is 0.0821. The third kappa shape index (κ3) is 2.89. The van der Waals surface area contributed by atoms with Crippen molar-refractivity contribution < 1.29 is 9.53 Å². The Kier molecular flexibility index (Phi) is 4.59. The molecule has 2 heterocycles. The number of hydrogen-bond donors (Lipinski definition) is 1. The Morgan fingerprint density at radius 2 is 2.12 bits per heavy atom. The van der Waals surface area contributed by atoms with E-state index >= 15 is 0 Å². The molecule has 5 heteroatoms. The molecule has 26 heavy (non-hydrogen) atoms. The van der Waals surface area contributed by atoms with Gasteiger partial charge in [-0.05, 0) is 50.0 Å². The molecular formula is C21H29N3O2. The lowest BCUT2D eigenvalue weighted by Gasteiger charge is -2.41. The van der Waals surface area contributed by atoms with E-state index in [1.54, 1.807) is 7.05 Å². The minimum atomic E-state index is -0.991. The van der Waals surface area contributed by atoms with E-state index in [4.69, 9.17) is 10.5 Å². The molecular weight excluding hydrogens is 326 g/mol. The second-order valence-electron chi connectivity index (χ2n) is 7.83. The molecule has 1 aromatic rings. The van der Waals surface area contributed by atoms with Crippen LogP contribution in [0.4, 0.5) is 0 Å². The highest BCUT2D eigenvalue weighted by Gasteiger charge is 2.55. The summed E-state index contributed by atoms with van der Waals surface area (Å²) in [5, 5.41) is 0. The number of fused-ring (bicyclic) bond motifs is 2. The molecule has 1 aromatic carbocycles. The minimum Gasteiger partial charge on any atom is -0.487 e. The number of hydrogen-bond acceptors (Lipinski definition) is 4. The van der Waals surface area contributed by atoms with Crippen LogP contribution < -0.4 is 10.5 Å².